The monoisotopic (exact) mass is 376 g/mol. The third-order valence-electron chi connectivity index (χ3n) is 5.42. The first-order valence-corrected chi connectivity index (χ1v) is 9.47. The van der Waals surface area contributed by atoms with Crippen molar-refractivity contribution in [1.82, 2.24) is 20.2 Å². The van der Waals surface area contributed by atoms with Crippen molar-refractivity contribution >= 4 is 33.4 Å². The zero-order chi connectivity index (χ0) is 20.0. The Morgan fingerprint density at radius 1 is 1.32 bits per heavy atom. The fourth-order valence-corrected chi connectivity index (χ4v) is 3.99. The molecule has 0 spiro atoms. The number of rotatable bonds is 4. The molecule has 3 aromatic rings. The van der Waals surface area contributed by atoms with E-state index in [0.29, 0.717) is 17.9 Å². The molecule has 1 unspecified atom stereocenters. The van der Waals surface area contributed by atoms with Gasteiger partial charge in [0.1, 0.15) is 5.69 Å². The molecule has 144 valence electrons. The van der Waals surface area contributed by atoms with Crippen LogP contribution in [0.15, 0.2) is 30.5 Å². The smallest absolute Gasteiger partial charge is 0.270 e. The van der Waals surface area contributed by atoms with Crippen LogP contribution in [0.25, 0.3) is 21.7 Å². The van der Waals surface area contributed by atoms with Crippen LogP contribution in [0.2, 0.25) is 0 Å². The maximum Gasteiger partial charge on any atom is 0.270 e. The highest BCUT2D eigenvalue weighted by Gasteiger charge is 2.26. The van der Waals surface area contributed by atoms with Gasteiger partial charge in [-0.15, -0.1) is 0 Å². The number of allylic oxidation sites excluding steroid dienone is 2. The highest BCUT2D eigenvalue weighted by molar-refractivity contribution is 6.15. The molecule has 0 saturated carbocycles. The molecule has 2 N–H and O–H groups in total. The number of nitrogens with zero attached hydrogens (tertiary/aromatic N) is 2. The van der Waals surface area contributed by atoms with Crippen molar-refractivity contribution in [1.29, 1.82) is 0 Å². The molecule has 2 heterocycles. The summed E-state index contributed by atoms with van der Waals surface area (Å²) in [5, 5.41) is 5.78. The van der Waals surface area contributed by atoms with E-state index in [4.69, 9.17) is 0 Å². The normalized spacial score (nSPS) is 16.2. The molecule has 2 aromatic heterocycles. The third-order valence-corrected chi connectivity index (χ3v) is 5.42. The van der Waals surface area contributed by atoms with E-state index >= 15 is 0 Å². The van der Waals surface area contributed by atoms with Crippen molar-refractivity contribution < 1.29 is 9.59 Å². The first-order valence-electron chi connectivity index (χ1n) is 9.47. The summed E-state index contributed by atoms with van der Waals surface area (Å²) < 4.78 is 0. The summed E-state index contributed by atoms with van der Waals surface area (Å²) in [6, 6.07) is 3.88. The van der Waals surface area contributed by atoms with Crippen LogP contribution in [-0.2, 0) is 0 Å². The second kappa shape index (κ2) is 6.87. The second-order valence-corrected chi connectivity index (χ2v) is 7.66. The summed E-state index contributed by atoms with van der Waals surface area (Å²) >= 11 is 0. The van der Waals surface area contributed by atoms with Gasteiger partial charge in [0.05, 0.1) is 5.69 Å². The van der Waals surface area contributed by atoms with Crippen LogP contribution in [0.4, 0.5) is 0 Å². The molecule has 1 aromatic carbocycles. The number of benzene rings is 1. The number of fused-ring (bicyclic) bond motifs is 4. The van der Waals surface area contributed by atoms with Crippen LogP contribution < -0.4 is 5.32 Å². The Balaban J connectivity index is 1.87. The second-order valence-electron chi connectivity index (χ2n) is 7.66. The topological polar surface area (TPSA) is 78.1 Å². The van der Waals surface area contributed by atoms with E-state index in [0.717, 1.165) is 39.3 Å². The minimum atomic E-state index is -0.186. The molecule has 0 bridgehead atoms. The predicted molar refractivity (Wildman–Crippen MR) is 111 cm³/mol. The number of hydrogen-bond acceptors (Lipinski definition) is 4. The van der Waals surface area contributed by atoms with Crippen LogP contribution in [0.5, 0.6) is 0 Å². The lowest BCUT2D eigenvalue weighted by atomic mass is 9.88. The number of aromatic amines is 1. The molecule has 1 aliphatic carbocycles. The first kappa shape index (κ1) is 18.4. The highest BCUT2D eigenvalue weighted by Crippen LogP contribution is 2.38. The summed E-state index contributed by atoms with van der Waals surface area (Å²) in [6.07, 6.45) is 5.25. The van der Waals surface area contributed by atoms with Crippen LogP contribution in [0, 0.1) is 6.92 Å². The number of hydrogen-bond donors (Lipinski definition) is 2. The number of ketones is 1. The lowest BCUT2D eigenvalue weighted by Gasteiger charge is -2.15. The molecule has 1 aliphatic rings. The van der Waals surface area contributed by atoms with E-state index in [2.05, 4.69) is 22.2 Å². The number of likely N-dealkylation sites (N-methyl/N-ethyl adjacent to an activating group) is 1. The molecule has 28 heavy (non-hydrogen) atoms. The van der Waals surface area contributed by atoms with Gasteiger partial charge in [-0.2, -0.15) is 0 Å². The maximum absolute atomic E-state index is 12.7. The van der Waals surface area contributed by atoms with Crippen molar-refractivity contribution in [2.75, 3.05) is 27.2 Å². The lowest BCUT2D eigenvalue weighted by Crippen LogP contribution is -2.31. The average Bonchev–Trinajstić information content (AvgIpc) is 3.05. The Hall–Kier alpha value is -2.99. The van der Waals surface area contributed by atoms with Gasteiger partial charge in [-0.3, -0.25) is 14.6 Å². The number of nitrogens with one attached hydrogen (secondary N) is 2. The van der Waals surface area contributed by atoms with Gasteiger partial charge in [0.25, 0.3) is 5.91 Å². The Bertz CT molecular complexity index is 1140. The van der Waals surface area contributed by atoms with Crippen LogP contribution in [-0.4, -0.2) is 53.7 Å². The van der Waals surface area contributed by atoms with E-state index in [-0.39, 0.29) is 17.6 Å². The van der Waals surface area contributed by atoms with Gasteiger partial charge >= 0.3 is 0 Å². The van der Waals surface area contributed by atoms with Crippen molar-refractivity contribution in [2.24, 2.45) is 0 Å². The number of pyridine rings is 1. The SMILES string of the molecule is Cc1c2ccnc(C(=O)NCCN(C)C)c2cc2[nH]c3c(c12)C(C)C=CC3=O. The van der Waals surface area contributed by atoms with Crippen molar-refractivity contribution in [2.45, 2.75) is 19.8 Å². The van der Waals surface area contributed by atoms with Crippen molar-refractivity contribution in [3.8, 4) is 0 Å². The van der Waals surface area contributed by atoms with Gasteiger partial charge in [0.2, 0.25) is 5.78 Å². The Morgan fingerprint density at radius 3 is 2.86 bits per heavy atom. The molecular formula is C22H24N4O2. The number of amides is 1. The predicted octanol–water partition coefficient (Wildman–Crippen LogP) is 3.17. The van der Waals surface area contributed by atoms with Crippen molar-refractivity contribution in [3.05, 3.63) is 53.0 Å². The summed E-state index contributed by atoms with van der Waals surface area (Å²) in [5.74, 6) is -0.0330. The maximum atomic E-state index is 12.7. The molecule has 0 saturated heterocycles. The zero-order valence-electron chi connectivity index (χ0n) is 16.6. The highest BCUT2D eigenvalue weighted by atomic mass is 16.2. The summed E-state index contributed by atoms with van der Waals surface area (Å²) in [7, 11) is 3.93. The van der Waals surface area contributed by atoms with Crippen molar-refractivity contribution in [3.63, 3.8) is 0 Å². The Labute approximate surface area is 163 Å². The quantitative estimate of drug-likeness (QED) is 0.733. The number of carbonyl (C=O) groups excluding carboxylic acids is 2. The van der Waals surface area contributed by atoms with E-state index in [1.807, 2.05) is 44.1 Å². The summed E-state index contributed by atoms with van der Waals surface area (Å²) in [5.41, 5.74) is 4.02. The number of aromatic nitrogens is 2. The Morgan fingerprint density at radius 2 is 2.11 bits per heavy atom. The molecule has 6 nitrogen and oxygen atoms in total. The van der Waals surface area contributed by atoms with Gasteiger partial charge in [-0.25, -0.2) is 0 Å². The largest absolute Gasteiger partial charge is 0.352 e. The number of H-pyrrole nitrogens is 1. The first-order chi connectivity index (χ1) is 13.4. The fraction of sp³-hybridized carbons (Fsp3) is 0.318. The summed E-state index contributed by atoms with van der Waals surface area (Å²) in [6.45, 7) is 5.45. The third kappa shape index (κ3) is 2.90. The van der Waals surface area contributed by atoms with Crippen LogP contribution in [0.1, 0.15) is 44.9 Å². The number of aryl methyl sites for hydroxylation is 1. The Kier molecular flexibility index (Phi) is 4.51. The molecule has 1 atom stereocenters. The molecular weight excluding hydrogens is 352 g/mol. The van der Waals surface area contributed by atoms with Crippen LogP contribution >= 0.6 is 0 Å². The average molecular weight is 376 g/mol. The van der Waals surface area contributed by atoms with Crippen LogP contribution in [0.3, 0.4) is 0 Å². The van der Waals surface area contributed by atoms with E-state index in [9.17, 15) is 9.59 Å². The zero-order valence-corrected chi connectivity index (χ0v) is 16.6. The minimum absolute atomic E-state index is 0.00691. The molecule has 4 rings (SSSR count). The van der Waals surface area contributed by atoms with Gasteiger partial charge < -0.3 is 15.2 Å². The molecule has 0 aliphatic heterocycles. The van der Waals surface area contributed by atoms with E-state index < -0.39 is 0 Å². The summed E-state index contributed by atoms with van der Waals surface area (Å²) in [4.78, 5) is 34.7. The standard InChI is InChI=1S/C22H24N4O2/c1-12-5-6-17(27)21-18(12)19-13(2)14-7-8-23-20(15(14)11-16(19)25-21)22(28)24-9-10-26(3)4/h5-8,11-12,25H,9-10H2,1-4H3,(H,24,28). The molecule has 1 amide bonds. The minimum Gasteiger partial charge on any atom is -0.352 e. The molecule has 0 radical (unpaired) electrons. The van der Waals surface area contributed by atoms with Gasteiger partial charge in [-0.05, 0) is 55.7 Å². The lowest BCUT2D eigenvalue weighted by molar-refractivity contribution is 0.0947. The fourth-order valence-electron chi connectivity index (χ4n) is 3.99. The number of carbonyl (C=O) groups is 2. The van der Waals surface area contributed by atoms with Gasteiger partial charge in [0.15, 0.2) is 0 Å². The molecule has 6 heteroatoms. The van der Waals surface area contributed by atoms with E-state index in [1.165, 1.54) is 0 Å². The van der Waals surface area contributed by atoms with Gasteiger partial charge in [-0.1, -0.05) is 13.0 Å². The van der Waals surface area contributed by atoms with E-state index in [1.54, 1.807) is 12.3 Å². The van der Waals surface area contributed by atoms with Gasteiger partial charge in [0, 0.05) is 41.5 Å². The molecule has 0 fully saturated rings.